The lowest BCUT2D eigenvalue weighted by atomic mass is 10.0. The summed E-state index contributed by atoms with van der Waals surface area (Å²) in [6, 6.07) is 14.8. The summed E-state index contributed by atoms with van der Waals surface area (Å²) in [5, 5.41) is 3.20. The van der Waals surface area contributed by atoms with Gasteiger partial charge in [-0.05, 0) is 41.3 Å². The zero-order valence-corrected chi connectivity index (χ0v) is 11.1. The van der Waals surface area contributed by atoms with Gasteiger partial charge in [0.05, 0.1) is 0 Å². The second-order valence-electron chi connectivity index (χ2n) is 4.52. The molecule has 1 nitrogen and oxygen atoms in total. The van der Waals surface area contributed by atoms with Gasteiger partial charge in [0, 0.05) is 12.2 Å². The molecule has 0 amide bonds. The third kappa shape index (κ3) is 3.68. The van der Waals surface area contributed by atoms with Crippen LogP contribution >= 0.6 is 0 Å². The van der Waals surface area contributed by atoms with E-state index in [9.17, 15) is 4.39 Å². The van der Waals surface area contributed by atoms with Crippen molar-refractivity contribution in [3.05, 3.63) is 72.1 Å². The van der Waals surface area contributed by atoms with Crippen LogP contribution in [0.1, 0.15) is 24.5 Å². The van der Waals surface area contributed by atoms with E-state index in [-0.39, 0.29) is 5.82 Å². The molecule has 0 atom stereocenters. The summed E-state index contributed by atoms with van der Waals surface area (Å²) in [4.78, 5) is 0. The van der Waals surface area contributed by atoms with Crippen LogP contribution in [-0.4, -0.2) is 0 Å². The minimum atomic E-state index is -0.223. The predicted octanol–water partition coefficient (Wildman–Crippen LogP) is 4.86. The molecule has 0 aliphatic heterocycles. The Kier molecular flexibility index (Phi) is 4.35. The fourth-order valence-corrected chi connectivity index (χ4v) is 1.86. The van der Waals surface area contributed by atoms with E-state index in [2.05, 4.69) is 43.1 Å². The van der Waals surface area contributed by atoms with E-state index in [4.69, 9.17) is 0 Å². The Hall–Kier alpha value is -2.09. The van der Waals surface area contributed by atoms with Gasteiger partial charge in [0.2, 0.25) is 0 Å². The third-order valence-corrected chi connectivity index (χ3v) is 3.11. The normalized spacial score (nSPS) is 10.2. The van der Waals surface area contributed by atoms with Crippen molar-refractivity contribution in [3.8, 4) is 0 Å². The molecule has 0 aliphatic rings. The zero-order valence-electron chi connectivity index (χ0n) is 11.1. The fourth-order valence-electron chi connectivity index (χ4n) is 1.86. The summed E-state index contributed by atoms with van der Waals surface area (Å²) in [5.74, 6) is -0.223. The summed E-state index contributed by atoms with van der Waals surface area (Å²) in [7, 11) is 0. The molecule has 0 saturated carbocycles. The summed E-state index contributed by atoms with van der Waals surface area (Å²) in [6.07, 6.45) is 0.959. The van der Waals surface area contributed by atoms with E-state index >= 15 is 0 Å². The maximum Gasteiger partial charge on any atom is 0.125 e. The molecule has 2 aromatic carbocycles. The lowest BCUT2D eigenvalue weighted by Crippen LogP contribution is -1.99. The summed E-state index contributed by atoms with van der Waals surface area (Å²) < 4.78 is 13.0. The van der Waals surface area contributed by atoms with Crippen LogP contribution in [0.2, 0.25) is 0 Å². The van der Waals surface area contributed by atoms with Crippen molar-refractivity contribution in [2.45, 2.75) is 19.9 Å². The van der Waals surface area contributed by atoms with Gasteiger partial charge in [-0.3, -0.25) is 0 Å². The molecular weight excluding hydrogens is 237 g/mol. The van der Waals surface area contributed by atoms with Gasteiger partial charge in [0.15, 0.2) is 0 Å². The fraction of sp³-hybridized carbons (Fsp3) is 0.176. The van der Waals surface area contributed by atoms with Crippen LogP contribution in [0.5, 0.6) is 0 Å². The molecule has 0 aromatic heterocycles. The lowest BCUT2D eigenvalue weighted by Gasteiger charge is -2.08. The van der Waals surface area contributed by atoms with E-state index in [1.807, 2.05) is 6.07 Å². The van der Waals surface area contributed by atoms with Crippen molar-refractivity contribution < 1.29 is 4.39 Å². The van der Waals surface area contributed by atoms with Gasteiger partial charge in [-0.15, -0.1) is 0 Å². The highest BCUT2D eigenvalue weighted by Crippen LogP contribution is 2.17. The highest BCUT2D eigenvalue weighted by Gasteiger charge is 1.98. The molecule has 0 unspecified atom stereocenters. The highest BCUT2D eigenvalue weighted by molar-refractivity contribution is 5.63. The van der Waals surface area contributed by atoms with Crippen molar-refractivity contribution in [3.63, 3.8) is 0 Å². The first-order valence-electron chi connectivity index (χ1n) is 6.45. The van der Waals surface area contributed by atoms with Crippen molar-refractivity contribution in [1.82, 2.24) is 0 Å². The van der Waals surface area contributed by atoms with Crippen LogP contribution in [0, 0.1) is 5.82 Å². The van der Waals surface area contributed by atoms with E-state index in [1.165, 1.54) is 17.7 Å². The minimum Gasteiger partial charge on any atom is -0.381 e. The monoisotopic (exact) mass is 255 g/mol. The Bertz CT molecular complexity index is 558. The lowest BCUT2D eigenvalue weighted by molar-refractivity contribution is 0.628. The zero-order chi connectivity index (χ0) is 13.7. The first-order valence-corrected chi connectivity index (χ1v) is 6.45. The Morgan fingerprint density at radius 3 is 2.53 bits per heavy atom. The molecule has 98 valence electrons. The summed E-state index contributed by atoms with van der Waals surface area (Å²) in [5.41, 5.74) is 4.28. The Morgan fingerprint density at radius 2 is 1.89 bits per heavy atom. The van der Waals surface area contributed by atoms with Crippen molar-refractivity contribution in [2.24, 2.45) is 0 Å². The van der Waals surface area contributed by atoms with Crippen molar-refractivity contribution >= 4 is 11.3 Å². The van der Waals surface area contributed by atoms with Gasteiger partial charge in [0.1, 0.15) is 5.82 Å². The first-order chi connectivity index (χ1) is 9.19. The minimum absolute atomic E-state index is 0.223. The molecule has 0 aliphatic carbocycles. The average Bonchev–Trinajstić information content (AvgIpc) is 2.45. The van der Waals surface area contributed by atoms with Gasteiger partial charge in [-0.1, -0.05) is 43.8 Å². The van der Waals surface area contributed by atoms with E-state index < -0.39 is 0 Å². The maximum atomic E-state index is 13.0. The number of nitrogens with one attached hydrogen (secondary N) is 1. The highest BCUT2D eigenvalue weighted by atomic mass is 19.1. The number of hydrogen-bond donors (Lipinski definition) is 1. The second kappa shape index (κ2) is 6.19. The number of halogens is 1. The largest absolute Gasteiger partial charge is 0.381 e. The topological polar surface area (TPSA) is 12.0 Å². The van der Waals surface area contributed by atoms with Gasteiger partial charge < -0.3 is 5.32 Å². The maximum absolute atomic E-state index is 13.0. The molecule has 1 N–H and O–H groups in total. The molecule has 0 radical (unpaired) electrons. The molecule has 2 rings (SSSR count). The molecule has 0 spiro atoms. The number of rotatable bonds is 5. The van der Waals surface area contributed by atoms with Gasteiger partial charge in [-0.25, -0.2) is 4.39 Å². The summed E-state index contributed by atoms with van der Waals surface area (Å²) >= 11 is 0. The quantitative estimate of drug-likeness (QED) is 0.804. The molecular formula is C17H18FN. The molecule has 0 fully saturated rings. The Balaban J connectivity index is 1.98. The predicted molar refractivity (Wildman–Crippen MR) is 79.5 cm³/mol. The van der Waals surface area contributed by atoms with E-state index in [0.29, 0.717) is 6.54 Å². The van der Waals surface area contributed by atoms with Crippen LogP contribution in [0.25, 0.3) is 5.57 Å². The van der Waals surface area contributed by atoms with Gasteiger partial charge >= 0.3 is 0 Å². The van der Waals surface area contributed by atoms with Crippen LogP contribution < -0.4 is 5.32 Å². The van der Waals surface area contributed by atoms with E-state index in [0.717, 1.165) is 23.2 Å². The SMILES string of the molecule is C=C(CC)c1ccc(CNc2cccc(F)c2)cc1. The number of anilines is 1. The third-order valence-electron chi connectivity index (χ3n) is 3.11. The van der Waals surface area contributed by atoms with Gasteiger partial charge in [0.25, 0.3) is 0 Å². The number of benzene rings is 2. The Morgan fingerprint density at radius 1 is 1.16 bits per heavy atom. The molecule has 2 aromatic rings. The molecule has 0 bridgehead atoms. The first kappa shape index (κ1) is 13.3. The molecule has 2 heteroatoms. The number of hydrogen-bond acceptors (Lipinski definition) is 1. The molecule has 0 saturated heterocycles. The van der Waals surface area contributed by atoms with Crippen LogP contribution in [0.4, 0.5) is 10.1 Å². The standard InChI is InChI=1S/C17H18FN/c1-3-13(2)15-9-7-14(8-10-15)12-19-17-6-4-5-16(18)11-17/h4-11,19H,2-3,12H2,1H3. The molecule has 19 heavy (non-hydrogen) atoms. The van der Waals surface area contributed by atoms with E-state index in [1.54, 1.807) is 6.07 Å². The van der Waals surface area contributed by atoms with Gasteiger partial charge in [-0.2, -0.15) is 0 Å². The molecule has 0 heterocycles. The number of allylic oxidation sites excluding steroid dienone is 1. The van der Waals surface area contributed by atoms with Crippen LogP contribution in [0.3, 0.4) is 0 Å². The Labute approximate surface area is 113 Å². The second-order valence-corrected chi connectivity index (χ2v) is 4.52. The average molecular weight is 255 g/mol. The van der Waals surface area contributed by atoms with Crippen LogP contribution in [-0.2, 0) is 6.54 Å². The summed E-state index contributed by atoms with van der Waals surface area (Å²) in [6.45, 7) is 6.80. The van der Waals surface area contributed by atoms with Crippen molar-refractivity contribution in [1.29, 1.82) is 0 Å². The van der Waals surface area contributed by atoms with Crippen LogP contribution in [0.15, 0.2) is 55.1 Å². The van der Waals surface area contributed by atoms with Crippen molar-refractivity contribution in [2.75, 3.05) is 5.32 Å². The smallest absolute Gasteiger partial charge is 0.125 e.